The topological polar surface area (TPSA) is 174 Å². The Bertz CT molecular complexity index is 1310. The summed E-state index contributed by atoms with van der Waals surface area (Å²) in [6.07, 6.45) is 27.7. The lowest BCUT2D eigenvalue weighted by Gasteiger charge is -2.23. The van der Waals surface area contributed by atoms with E-state index in [1.54, 1.807) is 0 Å². The van der Waals surface area contributed by atoms with Crippen LogP contribution in [0, 0.1) is 11.8 Å². The molecule has 0 aromatic rings. The van der Waals surface area contributed by atoms with E-state index < -0.39 is 23.8 Å². The molecular formula is C56H104N2O13S. The third kappa shape index (κ3) is 46.8. The van der Waals surface area contributed by atoms with Crippen LogP contribution < -0.4 is 0 Å². The van der Waals surface area contributed by atoms with Crippen LogP contribution in [-0.4, -0.2) is 137 Å². The molecule has 0 saturated carbocycles. The van der Waals surface area contributed by atoms with Gasteiger partial charge in [0.25, 0.3) is 5.24 Å². The van der Waals surface area contributed by atoms with Crippen molar-refractivity contribution >= 4 is 46.8 Å². The molecule has 422 valence electrons. The molecule has 0 heterocycles. The predicted molar refractivity (Wildman–Crippen MR) is 288 cm³/mol. The standard InChI is InChI=1S/C56H104N2O13S/c1-7-11-15-19-23-27-31-40-65-48-66-42-49(43-67-51(59)32-28-24-20-16-12-8-2)44-70-54(62)35-37-58(56(64)72-41-39-57(5)6)38-36-55(63)71-47-50(45-68-52(60)33-29-25-21-17-13-9-3)46-69-53(61)34-30-26-22-18-14-10-4/h49-50H,7-48H2,1-6H3. The van der Waals surface area contributed by atoms with Crippen LogP contribution in [0.3, 0.4) is 0 Å². The van der Waals surface area contributed by atoms with Crippen molar-refractivity contribution in [1.82, 2.24) is 9.80 Å². The van der Waals surface area contributed by atoms with Gasteiger partial charge in [0.2, 0.25) is 0 Å². The fourth-order valence-corrected chi connectivity index (χ4v) is 8.50. The fourth-order valence-electron chi connectivity index (χ4n) is 7.50. The van der Waals surface area contributed by atoms with Gasteiger partial charge in [0.05, 0.1) is 44.5 Å². The molecule has 1 amide bonds. The van der Waals surface area contributed by atoms with Crippen LogP contribution in [0.25, 0.3) is 0 Å². The number of carbonyl (C=O) groups excluding carboxylic acids is 6. The number of ether oxygens (including phenoxy) is 7. The van der Waals surface area contributed by atoms with E-state index in [0.29, 0.717) is 38.2 Å². The summed E-state index contributed by atoms with van der Waals surface area (Å²) in [5.74, 6) is -2.59. The number of esters is 5. The molecule has 1 unspecified atom stereocenters. The van der Waals surface area contributed by atoms with E-state index in [0.717, 1.165) is 121 Å². The first-order valence-corrected chi connectivity index (χ1v) is 29.4. The molecule has 0 aliphatic rings. The van der Waals surface area contributed by atoms with Gasteiger partial charge in [-0.2, -0.15) is 0 Å². The van der Waals surface area contributed by atoms with E-state index in [4.69, 9.17) is 33.2 Å². The monoisotopic (exact) mass is 1040 g/mol. The van der Waals surface area contributed by atoms with Crippen molar-refractivity contribution in [3.63, 3.8) is 0 Å². The Morgan fingerprint density at radius 3 is 1.06 bits per heavy atom. The highest BCUT2D eigenvalue weighted by atomic mass is 32.2. The highest BCUT2D eigenvalue weighted by Gasteiger charge is 2.22. The van der Waals surface area contributed by atoms with Gasteiger partial charge in [0, 0.05) is 51.3 Å². The number of hydrogen-bond donors (Lipinski definition) is 0. The second-order valence-electron chi connectivity index (χ2n) is 19.6. The Morgan fingerprint density at radius 2 is 0.694 bits per heavy atom. The lowest BCUT2D eigenvalue weighted by atomic mass is 10.1. The zero-order chi connectivity index (χ0) is 53.1. The van der Waals surface area contributed by atoms with Crippen LogP contribution in [0.4, 0.5) is 4.79 Å². The summed E-state index contributed by atoms with van der Waals surface area (Å²) >= 11 is 1.10. The zero-order valence-electron chi connectivity index (χ0n) is 46.5. The van der Waals surface area contributed by atoms with E-state index in [-0.39, 0.29) is 95.5 Å². The van der Waals surface area contributed by atoms with Gasteiger partial charge in [-0.05, 0) is 39.8 Å². The van der Waals surface area contributed by atoms with Crippen LogP contribution in [-0.2, 0) is 57.1 Å². The highest BCUT2D eigenvalue weighted by molar-refractivity contribution is 8.13. The Balaban J connectivity index is 5.44. The first-order valence-electron chi connectivity index (χ1n) is 28.4. The largest absolute Gasteiger partial charge is 0.465 e. The van der Waals surface area contributed by atoms with Gasteiger partial charge >= 0.3 is 29.8 Å². The van der Waals surface area contributed by atoms with E-state index in [1.165, 1.54) is 56.3 Å². The number of carbonyl (C=O) groups is 6. The third-order valence-electron chi connectivity index (χ3n) is 12.2. The highest BCUT2D eigenvalue weighted by Crippen LogP contribution is 2.15. The normalized spacial score (nSPS) is 11.7. The van der Waals surface area contributed by atoms with Crippen molar-refractivity contribution in [2.24, 2.45) is 11.8 Å². The van der Waals surface area contributed by atoms with Crippen LogP contribution in [0.1, 0.15) is 220 Å². The quantitative estimate of drug-likeness (QED) is 0.0243. The minimum Gasteiger partial charge on any atom is -0.465 e. The van der Waals surface area contributed by atoms with Crippen molar-refractivity contribution in [2.75, 3.05) is 92.5 Å². The minimum atomic E-state index is -0.587. The molecular weight excluding hydrogens is 941 g/mol. The molecule has 1 atom stereocenters. The summed E-state index contributed by atoms with van der Waals surface area (Å²) in [5.41, 5.74) is 0. The predicted octanol–water partition coefficient (Wildman–Crippen LogP) is 12.4. The van der Waals surface area contributed by atoms with E-state index in [2.05, 4.69) is 27.7 Å². The summed E-state index contributed by atoms with van der Waals surface area (Å²) < 4.78 is 39.4. The number of hydrogen-bond acceptors (Lipinski definition) is 15. The molecule has 16 heteroatoms. The maximum Gasteiger partial charge on any atom is 0.307 e. The molecule has 0 rings (SSSR count). The Morgan fingerprint density at radius 1 is 0.375 bits per heavy atom. The molecule has 0 aromatic heterocycles. The Hall–Kier alpha value is -2.95. The number of nitrogens with zero attached hydrogens (tertiary/aromatic N) is 2. The smallest absolute Gasteiger partial charge is 0.307 e. The van der Waals surface area contributed by atoms with Gasteiger partial charge in [-0.1, -0.05) is 174 Å². The SMILES string of the molecule is CCCCCCCCCOCOCC(COC(=O)CCCCCCCC)COC(=O)CCN(CCC(=O)OCC(COC(=O)CCCCCCCC)COC(=O)CCCCCCCC)C(=O)SCCN(C)C. The van der Waals surface area contributed by atoms with Crippen LogP contribution in [0.5, 0.6) is 0 Å². The summed E-state index contributed by atoms with van der Waals surface area (Å²) in [6.45, 7) is 9.89. The lowest BCUT2D eigenvalue weighted by Crippen LogP contribution is -2.34. The molecule has 0 radical (unpaired) electrons. The Kier molecular flexibility index (Phi) is 49.4. The number of thioether (sulfide) groups is 1. The van der Waals surface area contributed by atoms with Gasteiger partial charge in [0.15, 0.2) is 0 Å². The first kappa shape index (κ1) is 69.0. The van der Waals surface area contributed by atoms with E-state index in [9.17, 15) is 28.8 Å². The number of unbranched alkanes of at least 4 members (excludes halogenated alkanes) is 21. The minimum absolute atomic E-state index is 0.00502. The molecule has 0 aliphatic carbocycles. The van der Waals surface area contributed by atoms with Gasteiger partial charge in [-0.15, -0.1) is 0 Å². The summed E-state index contributed by atoms with van der Waals surface area (Å²) in [4.78, 5) is 81.0. The maximum atomic E-state index is 13.4. The molecule has 15 nitrogen and oxygen atoms in total. The lowest BCUT2D eigenvalue weighted by molar-refractivity contribution is -0.155. The van der Waals surface area contributed by atoms with E-state index >= 15 is 0 Å². The van der Waals surface area contributed by atoms with Crippen molar-refractivity contribution in [3.8, 4) is 0 Å². The molecule has 0 aromatic carbocycles. The number of rotatable bonds is 52. The van der Waals surface area contributed by atoms with Crippen molar-refractivity contribution < 1.29 is 61.9 Å². The van der Waals surface area contributed by atoms with Crippen molar-refractivity contribution in [2.45, 2.75) is 220 Å². The third-order valence-corrected chi connectivity index (χ3v) is 13.1. The summed E-state index contributed by atoms with van der Waals surface area (Å²) in [7, 11) is 3.82. The molecule has 0 aliphatic heterocycles. The zero-order valence-corrected chi connectivity index (χ0v) is 47.3. The van der Waals surface area contributed by atoms with Crippen molar-refractivity contribution in [1.29, 1.82) is 0 Å². The molecule has 72 heavy (non-hydrogen) atoms. The van der Waals surface area contributed by atoms with Crippen LogP contribution in [0.2, 0.25) is 0 Å². The van der Waals surface area contributed by atoms with Gasteiger partial charge in [0.1, 0.15) is 26.6 Å². The van der Waals surface area contributed by atoms with Gasteiger partial charge in [-0.25, -0.2) is 0 Å². The summed E-state index contributed by atoms with van der Waals surface area (Å²) in [5, 5.41) is -0.287. The first-order chi connectivity index (χ1) is 34.9. The summed E-state index contributed by atoms with van der Waals surface area (Å²) in [6, 6.07) is 0. The average Bonchev–Trinajstić information content (AvgIpc) is 3.36. The van der Waals surface area contributed by atoms with Crippen LogP contribution >= 0.6 is 11.8 Å². The molecule has 0 spiro atoms. The molecule has 0 saturated heterocycles. The average molecular weight is 1050 g/mol. The molecule has 0 N–H and O–H groups in total. The maximum absolute atomic E-state index is 13.4. The molecule has 0 bridgehead atoms. The fraction of sp³-hybridized carbons (Fsp3) is 0.893. The molecule has 0 fully saturated rings. The number of amides is 1. The Labute approximate surface area is 441 Å². The van der Waals surface area contributed by atoms with Crippen molar-refractivity contribution in [3.05, 3.63) is 0 Å². The second-order valence-corrected chi connectivity index (χ2v) is 20.7. The second kappa shape index (κ2) is 51.5. The van der Waals surface area contributed by atoms with Gasteiger partial charge < -0.3 is 43.0 Å². The van der Waals surface area contributed by atoms with E-state index in [1.807, 2.05) is 19.0 Å². The van der Waals surface area contributed by atoms with Crippen LogP contribution in [0.15, 0.2) is 0 Å². The van der Waals surface area contributed by atoms with Gasteiger partial charge in [-0.3, -0.25) is 28.8 Å².